The highest BCUT2D eigenvalue weighted by molar-refractivity contribution is 6.32. The van der Waals surface area contributed by atoms with Gasteiger partial charge in [0, 0.05) is 39.2 Å². The topological polar surface area (TPSA) is 131 Å². The van der Waals surface area contributed by atoms with Crippen LogP contribution in [0.15, 0.2) is 24.8 Å². The molecule has 2 aromatic heterocycles. The number of primary amides is 1. The molecular formula is C28H36ClN7O3. The molecule has 1 unspecified atom stereocenters. The van der Waals surface area contributed by atoms with E-state index in [2.05, 4.69) is 43.5 Å². The van der Waals surface area contributed by atoms with Crippen molar-refractivity contribution in [3.63, 3.8) is 0 Å². The lowest BCUT2D eigenvalue weighted by Gasteiger charge is -2.22. The number of methoxy groups -OCH3 is 1. The maximum atomic E-state index is 11.6. The average Bonchev–Trinajstić information content (AvgIpc) is 3.73. The van der Waals surface area contributed by atoms with Crippen LogP contribution in [0.3, 0.4) is 0 Å². The lowest BCUT2D eigenvalue weighted by molar-refractivity contribution is -0.127. The molecule has 1 atom stereocenters. The lowest BCUT2D eigenvalue weighted by atomic mass is 10.1. The van der Waals surface area contributed by atoms with Gasteiger partial charge in [0.1, 0.15) is 17.1 Å². The molecule has 39 heavy (non-hydrogen) atoms. The zero-order valence-corrected chi connectivity index (χ0v) is 23.7. The van der Waals surface area contributed by atoms with Gasteiger partial charge in [-0.15, -0.1) is 0 Å². The highest BCUT2D eigenvalue weighted by Crippen LogP contribution is 2.28. The highest BCUT2D eigenvalue weighted by atomic mass is 35.5. The average molecular weight is 554 g/mol. The van der Waals surface area contributed by atoms with Crippen LogP contribution in [0.1, 0.15) is 60.5 Å². The number of fused-ring (bicyclic) bond motifs is 3. The van der Waals surface area contributed by atoms with Crippen LogP contribution in [-0.2, 0) is 22.5 Å². The predicted octanol–water partition coefficient (Wildman–Crippen LogP) is 3.74. The molecule has 1 aromatic carbocycles. The molecule has 1 fully saturated rings. The molecule has 4 heterocycles. The number of carbonyl (C=O) groups excluding carboxylic acids is 2. The van der Waals surface area contributed by atoms with Gasteiger partial charge in [-0.1, -0.05) is 37.9 Å². The number of aromatic amines is 1. The van der Waals surface area contributed by atoms with Crippen LogP contribution in [0.2, 0.25) is 5.02 Å². The summed E-state index contributed by atoms with van der Waals surface area (Å²) in [6.07, 6.45) is 5.59. The number of aromatic nitrogens is 4. The number of benzene rings is 1. The molecule has 11 heteroatoms. The minimum absolute atomic E-state index is 0.0227. The Morgan fingerprint density at radius 2 is 2.08 bits per heavy atom. The Bertz CT molecular complexity index is 1400. The van der Waals surface area contributed by atoms with Crippen LogP contribution in [0.4, 0.5) is 5.82 Å². The van der Waals surface area contributed by atoms with Crippen molar-refractivity contribution in [1.82, 2.24) is 24.6 Å². The number of hydrogen-bond donors (Lipinski definition) is 3. The Morgan fingerprint density at radius 1 is 1.31 bits per heavy atom. The summed E-state index contributed by atoms with van der Waals surface area (Å²) in [6.45, 7) is 9.92. The van der Waals surface area contributed by atoms with Crippen LogP contribution >= 0.6 is 11.6 Å². The van der Waals surface area contributed by atoms with Crippen molar-refractivity contribution in [3.8, 4) is 11.8 Å². The molecule has 3 aromatic rings. The minimum atomic E-state index is -0.602. The number of anilines is 1. The molecule has 0 saturated carbocycles. The first kappa shape index (κ1) is 29.7. The summed E-state index contributed by atoms with van der Waals surface area (Å²) in [7, 11) is 3.32. The largest absolute Gasteiger partial charge is 0.383 e. The molecule has 4 N–H and O–H groups in total. The number of nitrogens with one attached hydrogen (secondary N) is 2. The number of amides is 2. The van der Waals surface area contributed by atoms with Crippen molar-refractivity contribution in [2.24, 2.45) is 5.73 Å². The van der Waals surface area contributed by atoms with Gasteiger partial charge in [-0.25, -0.2) is 4.98 Å². The molecule has 1 saturated heterocycles. The summed E-state index contributed by atoms with van der Waals surface area (Å²) in [5.41, 5.74) is 8.52. The number of H-pyrrole nitrogens is 1. The van der Waals surface area contributed by atoms with E-state index in [1.54, 1.807) is 14.2 Å². The molecule has 208 valence electrons. The van der Waals surface area contributed by atoms with Crippen LogP contribution < -0.4 is 11.1 Å². The van der Waals surface area contributed by atoms with Gasteiger partial charge in [0.05, 0.1) is 28.7 Å². The van der Waals surface area contributed by atoms with Crippen LogP contribution in [0, 0.1) is 11.8 Å². The maximum Gasteiger partial charge on any atom is 0.255 e. The first-order valence-electron chi connectivity index (χ1n) is 13.1. The number of hydrogen-bond acceptors (Lipinski definition) is 6. The number of nitrogens with zero attached hydrogens (tertiary/aromatic N) is 4. The highest BCUT2D eigenvalue weighted by Gasteiger charge is 2.26. The summed E-state index contributed by atoms with van der Waals surface area (Å²) in [5, 5.41) is 10.0. The molecule has 2 aliphatic rings. The van der Waals surface area contributed by atoms with Crippen molar-refractivity contribution in [3.05, 3.63) is 52.5 Å². The van der Waals surface area contributed by atoms with Crippen molar-refractivity contribution in [2.45, 2.75) is 52.1 Å². The molecule has 0 spiro atoms. The molecule has 0 bridgehead atoms. The Labute approximate surface area is 233 Å². The van der Waals surface area contributed by atoms with Crippen LogP contribution in [-0.4, -0.2) is 69.8 Å². The summed E-state index contributed by atoms with van der Waals surface area (Å²) < 4.78 is 7.21. The zero-order valence-electron chi connectivity index (χ0n) is 22.9. The van der Waals surface area contributed by atoms with E-state index in [0.717, 1.165) is 55.6 Å². The van der Waals surface area contributed by atoms with Gasteiger partial charge in [0.15, 0.2) is 5.82 Å². The van der Waals surface area contributed by atoms with E-state index in [4.69, 9.17) is 22.1 Å². The summed E-state index contributed by atoms with van der Waals surface area (Å²) in [4.78, 5) is 29.3. The molecular weight excluding hydrogens is 518 g/mol. The molecule has 2 aliphatic heterocycles. The number of halogens is 1. The monoisotopic (exact) mass is 553 g/mol. The maximum absolute atomic E-state index is 11.6. The van der Waals surface area contributed by atoms with E-state index < -0.39 is 5.91 Å². The van der Waals surface area contributed by atoms with E-state index in [0.29, 0.717) is 28.7 Å². The third-order valence-electron chi connectivity index (χ3n) is 6.46. The van der Waals surface area contributed by atoms with Gasteiger partial charge < -0.3 is 25.3 Å². The number of imidazole rings is 1. The SMILES string of the molecule is C=CC(=O)N1CCCC1COC.CC.CNc1n[nH]c(C#Cc2cc3nc4n(c3cc2Cl)CCC4)c1C(N)=O. The number of rotatable bonds is 5. The molecule has 0 radical (unpaired) electrons. The number of aryl methyl sites for hydroxylation is 2. The van der Waals surface area contributed by atoms with Crippen molar-refractivity contribution in [1.29, 1.82) is 0 Å². The normalized spacial score (nSPS) is 15.3. The Kier molecular flexibility index (Phi) is 10.5. The zero-order chi connectivity index (χ0) is 28.5. The van der Waals surface area contributed by atoms with Crippen molar-refractivity contribution in [2.75, 3.05) is 32.6 Å². The van der Waals surface area contributed by atoms with Gasteiger partial charge in [-0.3, -0.25) is 14.7 Å². The second-order valence-electron chi connectivity index (χ2n) is 8.78. The fraction of sp³-hybridized carbons (Fsp3) is 0.429. The third-order valence-corrected chi connectivity index (χ3v) is 6.78. The third kappa shape index (κ3) is 6.61. The first-order chi connectivity index (χ1) is 18.9. The van der Waals surface area contributed by atoms with Gasteiger partial charge in [0.2, 0.25) is 5.91 Å². The van der Waals surface area contributed by atoms with E-state index in [-0.39, 0.29) is 17.5 Å². The van der Waals surface area contributed by atoms with E-state index in [1.165, 1.54) is 6.08 Å². The predicted molar refractivity (Wildman–Crippen MR) is 154 cm³/mol. The van der Waals surface area contributed by atoms with Crippen LogP contribution in [0.25, 0.3) is 11.0 Å². The number of ether oxygens (including phenoxy) is 1. The Balaban J connectivity index is 0.000000253. The fourth-order valence-corrected chi connectivity index (χ4v) is 4.92. The second kappa shape index (κ2) is 13.8. The van der Waals surface area contributed by atoms with Crippen molar-refractivity contribution < 1.29 is 14.3 Å². The summed E-state index contributed by atoms with van der Waals surface area (Å²) in [6, 6.07) is 4.03. The Hall–Kier alpha value is -3.81. The van der Waals surface area contributed by atoms with Crippen molar-refractivity contribution >= 4 is 40.3 Å². The molecule has 10 nitrogen and oxygen atoms in total. The van der Waals surface area contributed by atoms with Gasteiger partial charge in [0.25, 0.3) is 5.91 Å². The van der Waals surface area contributed by atoms with E-state index >= 15 is 0 Å². The fourth-order valence-electron chi connectivity index (χ4n) is 4.72. The first-order valence-corrected chi connectivity index (χ1v) is 13.4. The quantitative estimate of drug-likeness (QED) is 0.326. The van der Waals surface area contributed by atoms with E-state index in [1.807, 2.05) is 30.9 Å². The molecule has 0 aliphatic carbocycles. The Morgan fingerprint density at radius 3 is 2.74 bits per heavy atom. The number of likely N-dealkylation sites (tertiary alicyclic amines) is 1. The number of nitrogens with two attached hydrogens (primary N) is 1. The van der Waals surface area contributed by atoms with E-state index in [9.17, 15) is 9.59 Å². The van der Waals surface area contributed by atoms with Gasteiger partial charge in [-0.2, -0.15) is 5.10 Å². The summed E-state index contributed by atoms with van der Waals surface area (Å²) in [5.74, 6) is 6.74. The van der Waals surface area contributed by atoms with Crippen LogP contribution in [0.5, 0.6) is 0 Å². The number of carbonyl (C=O) groups is 2. The standard InChI is InChI=1S/C17H15ClN6O.C9H15NO2.C2H6/c1-20-17-15(16(19)25)11(22-23-17)5-4-9-7-12-13(8-10(9)18)24-6-2-3-14(24)21-12;1-3-9(11)10-6-4-5-8(10)7-12-2;1-2/h7-8H,2-3,6H2,1H3,(H2,19,25)(H2,20,22,23);3,8H,1,4-7H2,2H3;1-2H3. The minimum Gasteiger partial charge on any atom is -0.383 e. The second-order valence-corrected chi connectivity index (χ2v) is 9.18. The summed E-state index contributed by atoms with van der Waals surface area (Å²) >= 11 is 6.39. The molecule has 5 rings (SSSR count). The van der Waals surface area contributed by atoms with Gasteiger partial charge in [-0.05, 0) is 43.4 Å². The lowest BCUT2D eigenvalue weighted by Crippen LogP contribution is -2.36. The molecule has 2 amide bonds. The smallest absolute Gasteiger partial charge is 0.255 e. The van der Waals surface area contributed by atoms with Gasteiger partial charge >= 0.3 is 0 Å².